The van der Waals surface area contributed by atoms with Crippen LogP contribution in [0.15, 0.2) is 41.2 Å². The average molecular weight is 395 g/mol. The molecule has 0 fully saturated rings. The van der Waals surface area contributed by atoms with E-state index in [1.54, 1.807) is 24.8 Å². The highest BCUT2D eigenvalue weighted by Crippen LogP contribution is 2.24. The number of rotatable bonds is 6. The number of aryl methyl sites for hydroxylation is 2. The molecular formula is C21H25N5O3. The Morgan fingerprint density at radius 1 is 1.14 bits per heavy atom. The maximum absolute atomic E-state index is 12.6. The molecule has 0 radical (unpaired) electrons. The van der Waals surface area contributed by atoms with E-state index in [0.717, 1.165) is 28.3 Å². The summed E-state index contributed by atoms with van der Waals surface area (Å²) >= 11 is 0. The second-order valence-electron chi connectivity index (χ2n) is 6.91. The van der Waals surface area contributed by atoms with Crippen molar-refractivity contribution in [2.24, 2.45) is 7.05 Å². The molecule has 0 spiro atoms. The molecule has 1 N–H and O–H groups in total. The number of nitrogens with zero attached hydrogens (tertiary/aromatic N) is 4. The van der Waals surface area contributed by atoms with Crippen LogP contribution in [0.1, 0.15) is 29.9 Å². The first kappa shape index (κ1) is 20.3. The van der Waals surface area contributed by atoms with Gasteiger partial charge < -0.3 is 10.1 Å². The molecule has 152 valence electrons. The largest absolute Gasteiger partial charge is 0.497 e. The Labute approximate surface area is 169 Å². The fraction of sp³-hybridized carbons (Fsp3) is 0.333. The van der Waals surface area contributed by atoms with Gasteiger partial charge in [-0.2, -0.15) is 10.2 Å². The highest BCUT2D eigenvalue weighted by molar-refractivity contribution is 5.79. The highest BCUT2D eigenvalue weighted by atomic mass is 16.5. The summed E-state index contributed by atoms with van der Waals surface area (Å²) in [6.45, 7) is 5.84. The van der Waals surface area contributed by atoms with Gasteiger partial charge in [-0.3, -0.25) is 14.3 Å². The molecule has 0 saturated heterocycles. The van der Waals surface area contributed by atoms with E-state index in [1.807, 2.05) is 45.2 Å². The average Bonchev–Trinajstić information content (AvgIpc) is 2.98. The molecule has 2 aromatic heterocycles. The van der Waals surface area contributed by atoms with Crippen LogP contribution in [0.25, 0.3) is 11.3 Å². The van der Waals surface area contributed by atoms with E-state index in [1.165, 1.54) is 10.7 Å². The second-order valence-corrected chi connectivity index (χ2v) is 6.91. The van der Waals surface area contributed by atoms with E-state index < -0.39 is 6.04 Å². The van der Waals surface area contributed by atoms with Crippen molar-refractivity contribution in [2.75, 3.05) is 7.11 Å². The summed E-state index contributed by atoms with van der Waals surface area (Å²) in [5.74, 6) is 0.467. The van der Waals surface area contributed by atoms with E-state index in [2.05, 4.69) is 15.5 Å². The van der Waals surface area contributed by atoms with E-state index in [-0.39, 0.29) is 11.5 Å². The number of ether oxygens (including phenoxy) is 1. The summed E-state index contributed by atoms with van der Waals surface area (Å²) in [4.78, 5) is 25.0. The fourth-order valence-corrected chi connectivity index (χ4v) is 3.17. The molecule has 8 heteroatoms. The third-order valence-corrected chi connectivity index (χ3v) is 4.96. The van der Waals surface area contributed by atoms with Crippen LogP contribution in [0.4, 0.5) is 0 Å². The predicted molar refractivity (Wildman–Crippen MR) is 110 cm³/mol. The number of hydrogen-bond acceptors (Lipinski definition) is 5. The highest BCUT2D eigenvalue weighted by Gasteiger charge is 2.20. The second kappa shape index (κ2) is 8.30. The molecule has 3 aromatic rings. The zero-order chi connectivity index (χ0) is 21.1. The summed E-state index contributed by atoms with van der Waals surface area (Å²) in [5.41, 5.74) is 3.84. The van der Waals surface area contributed by atoms with Gasteiger partial charge in [0, 0.05) is 30.9 Å². The van der Waals surface area contributed by atoms with Crippen molar-refractivity contribution in [3.63, 3.8) is 0 Å². The molecule has 1 aromatic carbocycles. The summed E-state index contributed by atoms with van der Waals surface area (Å²) in [5, 5.41) is 11.7. The van der Waals surface area contributed by atoms with Gasteiger partial charge in [-0.1, -0.05) is 12.1 Å². The molecule has 1 unspecified atom stereocenters. The lowest BCUT2D eigenvalue weighted by Gasteiger charge is -2.15. The van der Waals surface area contributed by atoms with E-state index >= 15 is 0 Å². The van der Waals surface area contributed by atoms with Gasteiger partial charge in [-0.05, 0) is 44.5 Å². The monoisotopic (exact) mass is 395 g/mol. The SMILES string of the molecule is COc1ccc(CNC(=O)C(C)n2nc(-c3c(C)nn(C)c3C)ccc2=O)cc1. The lowest BCUT2D eigenvalue weighted by atomic mass is 10.1. The lowest BCUT2D eigenvalue weighted by Crippen LogP contribution is -2.36. The molecule has 1 atom stereocenters. The molecule has 0 aliphatic rings. The predicted octanol–water partition coefficient (Wildman–Crippen LogP) is 2.15. The molecule has 0 aliphatic heterocycles. The quantitative estimate of drug-likeness (QED) is 0.691. The molecule has 8 nitrogen and oxygen atoms in total. The number of hydrogen-bond donors (Lipinski definition) is 1. The van der Waals surface area contributed by atoms with E-state index in [0.29, 0.717) is 12.2 Å². The maximum Gasteiger partial charge on any atom is 0.267 e. The van der Waals surface area contributed by atoms with Crippen molar-refractivity contribution in [3.8, 4) is 17.0 Å². The minimum absolute atomic E-state index is 0.285. The van der Waals surface area contributed by atoms with Crippen molar-refractivity contribution in [2.45, 2.75) is 33.4 Å². The molecule has 1 amide bonds. The fourth-order valence-electron chi connectivity index (χ4n) is 3.17. The molecule has 0 bridgehead atoms. The zero-order valence-corrected chi connectivity index (χ0v) is 17.3. The van der Waals surface area contributed by atoms with Gasteiger partial charge >= 0.3 is 0 Å². The first-order valence-electron chi connectivity index (χ1n) is 9.33. The summed E-state index contributed by atoms with van der Waals surface area (Å²) in [6, 6.07) is 9.76. The molecule has 0 aliphatic carbocycles. The molecular weight excluding hydrogens is 370 g/mol. The van der Waals surface area contributed by atoms with Gasteiger partial charge in [0.25, 0.3) is 5.56 Å². The first-order valence-corrected chi connectivity index (χ1v) is 9.33. The number of carbonyl (C=O) groups is 1. The van der Waals surface area contributed by atoms with Gasteiger partial charge in [0.05, 0.1) is 18.5 Å². The van der Waals surface area contributed by atoms with Gasteiger partial charge in [-0.25, -0.2) is 4.68 Å². The van der Waals surface area contributed by atoms with Crippen molar-refractivity contribution in [1.82, 2.24) is 24.9 Å². The van der Waals surface area contributed by atoms with E-state index in [9.17, 15) is 9.59 Å². The Hall–Kier alpha value is -3.42. The minimum Gasteiger partial charge on any atom is -0.497 e. The molecule has 29 heavy (non-hydrogen) atoms. The van der Waals surface area contributed by atoms with Gasteiger partial charge in [0.15, 0.2) is 0 Å². The van der Waals surface area contributed by atoms with Crippen LogP contribution < -0.4 is 15.6 Å². The maximum atomic E-state index is 12.6. The third-order valence-electron chi connectivity index (χ3n) is 4.96. The molecule has 0 saturated carbocycles. The van der Waals surface area contributed by atoms with Crippen LogP contribution in [0.5, 0.6) is 5.75 Å². The minimum atomic E-state index is -0.752. The van der Waals surface area contributed by atoms with Gasteiger partial charge in [-0.15, -0.1) is 0 Å². The first-order chi connectivity index (χ1) is 13.8. The van der Waals surface area contributed by atoms with Crippen molar-refractivity contribution < 1.29 is 9.53 Å². The zero-order valence-electron chi connectivity index (χ0n) is 17.3. The van der Waals surface area contributed by atoms with Crippen LogP contribution in [0.3, 0.4) is 0 Å². The van der Waals surface area contributed by atoms with Gasteiger partial charge in [0.1, 0.15) is 11.8 Å². The van der Waals surface area contributed by atoms with Crippen LogP contribution in [-0.2, 0) is 18.4 Å². The number of nitrogens with one attached hydrogen (secondary N) is 1. The smallest absolute Gasteiger partial charge is 0.267 e. The van der Waals surface area contributed by atoms with Crippen molar-refractivity contribution >= 4 is 5.91 Å². The summed E-state index contributed by atoms with van der Waals surface area (Å²) in [7, 11) is 3.46. The third kappa shape index (κ3) is 4.21. The number of methoxy groups -OCH3 is 1. The van der Waals surface area contributed by atoms with Crippen molar-refractivity contribution in [3.05, 3.63) is 63.7 Å². The van der Waals surface area contributed by atoms with Crippen molar-refractivity contribution in [1.29, 1.82) is 0 Å². The molecule has 3 rings (SSSR count). The molecule has 2 heterocycles. The Bertz CT molecular complexity index is 1080. The summed E-state index contributed by atoms with van der Waals surface area (Å²) in [6.07, 6.45) is 0. The van der Waals surface area contributed by atoms with E-state index in [4.69, 9.17) is 4.74 Å². The normalized spacial score (nSPS) is 11.9. The standard InChI is InChI=1S/C21H25N5O3/c1-13-20(14(2)25(4)23-13)18-10-11-19(27)26(24-18)15(3)21(28)22-12-16-6-8-17(29-5)9-7-16/h6-11,15H,12H2,1-5H3,(H,22,28). The van der Waals surface area contributed by atoms with Gasteiger partial charge in [0.2, 0.25) is 5.91 Å². The van der Waals surface area contributed by atoms with Crippen LogP contribution in [0.2, 0.25) is 0 Å². The Morgan fingerprint density at radius 3 is 2.41 bits per heavy atom. The number of benzene rings is 1. The Balaban J connectivity index is 1.79. The van der Waals surface area contributed by atoms with Crippen LogP contribution in [-0.4, -0.2) is 32.6 Å². The number of aromatic nitrogens is 4. The summed E-state index contributed by atoms with van der Waals surface area (Å²) < 4.78 is 8.11. The number of carbonyl (C=O) groups excluding carboxylic acids is 1. The lowest BCUT2D eigenvalue weighted by molar-refractivity contribution is -0.124. The Kier molecular flexibility index (Phi) is 5.81. The van der Waals surface area contributed by atoms with Crippen LogP contribution in [0, 0.1) is 13.8 Å². The Morgan fingerprint density at radius 2 is 1.83 bits per heavy atom. The topological polar surface area (TPSA) is 91.0 Å². The van der Waals surface area contributed by atoms with Crippen LogP contribution >= 0.6 is 0 Å². The number of amides is 1.